The number of hydrogen-bond acceptors (Lipinski definition) is 0. The topological polar surface area (TPSA) is 0 Å². The smallest absolute Gasteiger partial charge is 0.164 e. The molecular weight excluding hydrogens is 201 g/mol. The summed E-state index contributed by atoms with van der Waals surface area (Å²) in [5.41, 5.74) is 0.411. The molecule has 0 radical (unpaired) electrons. The standard InChI is InChI=1S/C12H13F3/c1-5-4-6(2)9-8(5)10(13)7(3)11(14)12(9)15/h5-6H,4H2,1-3H3. The summed E-state index contributed by atoms with van der Waals surface area (Å²) in [6, 6.07) is 0. The molecule has 2 atom stereocenters. The fourth-order valence-corrected chi connectivity index (χ4v) is 2.55. The van der Waals surface area contributed by atoms with Gasteiger partial charge in [-0.2, -0.15) is 0 Å². The lowest BCUT2D eigenvalue weighted by Gasteiger charge is -2.11. The van der Waals surface area contributed by atoms with Gasteiger partial charge in [-0.25, -0.2) is 13.2 Å². The molecule has 0 nitrogen and oxygen atoms in total. The van der Waals surface area contributed by atoms with Crippen molar-refractivity contribution in [2.24, 2.45) is 0 Å². The Morgan fingerprint density at radius 1 is 0.867 bits per heavy atom. The van der Waals surface area contributed by atoms with Gasteiger partial charge in [0.2, 0.25) is 0 Å². The van der Waals surface area contributed by atoms with Gasteiger partial charge in [0.15, 0.2) is 11.6 Å². The second-order valence-corrected chi connectivity index (χ2v) is 4.43. The van der Waals surface area contributed by atoms with E-state index in [1.807, 2.05) is 6.92 Å². The molecule has 0 N–H and O–H groups in total. The molecule has 0 spiro atoms. The molecular formula is C12H13F3. The van der Waals surface area contributed by atoms with Gasteiger partial charge in [0.25, 0.3) is 0 Å². The highest BCUT2D eigenvalue weighted by Gasteiger charge is 2.34. The van der Waals surface area contributed by atoms with Crippen molar-refractivity contribution in [3.05, 3.63) is 34.1 Å². The zero-order valence-corrected chi connectivity index (χ0v) is 9.00. The quantitative estimate of drug-likeness (QED) is 0.572. The summed E-state index contributed by atoms with van der Waals surface area (Å²) in [5, 5.41) is 0. The Morgan fingerprint density at radius 2 is 1.33 bits per heavy atom. The van der Waals surface area contributed by atoms with E-state index < -0.39 is 17.5 Å². The molecule has 82 valence electrons. The maximum Gasteiger partial charge on any atom is 0.164 e. The van der Waals surface area contributed by atoms with Crippen LogP contribution in [0.4, 0.5) is 13.2 Å². The van der Waals surface area contributed by atoms with Crippen molar-refractivity contribution >= 4 is 0 Å². The molecule has 0 bridgehead atoms. The number of rotatable bonds is 0. The SMILES string of the molecule is Cc1c(F)c(F)c2c(c1F)C(C)CC2C. The molecule has 1 aliphatic rings. The molecule has 0 saturated carbocycles. The van der Waals surface area contributed by atoms with Gasteiger partial charge < -0.3 is 0 Å². The predicted molar refractivity (Wildman–Crippen MR) is 52.5 cm³/mol. The van der Waals surface area contributed by atoms with Gasteiger partial charge in [0.05, 0.1) is 0 Å². The van der Waals surface area contributed by atoms with E-state index >= 15 is 0 Å². The van der Waals surface area contributed by atoms with Crippen LogP contribution in [0.25, 0.3) is 0 Å². The zero-order valence-electron chi connectivity index (χ0n) is 9.00. The van der Waals surface area contributed by atoms with Crippen molar-refractivity contribution in [2.75, 3.05) is 0 Å². The highest BCUT2D eigenvalue weighted by molar-refractivity contribution is 5.43. The molecule has 2 unspecified atom stereocenters. The van der Waals surface area contributed by atoms with Crippen LogP contribution in [0.1, 0.15) is 48.8 Å². The number of hydrogen-bond donors (Lipinski definition) is 0. The van der Waals surface area contributed by atoms with Crippen molar-refractivity contribution in [3.63, 3.8) is 0 Å². The fourth-order valence-electron chi connectivity index (χ4n) is 2.55. The largest absolute Gasteiger partial charge is 0.206 e. The van der Waals surface area contributed by atoms with Crippen molar-refractivity contribution in [1.82, 2.24) is 0 Å². The Kier molecular flexibility index (Phi) is 2.28. The molecule has 1 aromatic rings. The van der Waals surface area contributed by atoms with E-state index in [-0.39, 0.29) is 23.0 Å². The Hall–Kier alpha value is -0.990. The Bertz CT molecular complexity index is 385. The van der Waals surface area contributed by atoms with Crippen LogP contribution in [0.5, 0.6) is 0 Å². The van der Waals surface area contributed by atoms with Crippen molar-refractivity contribution < 1.29 is 13.2 Å². The number of halogens is 3. The van der Waals surface area contributed by atoms with Gasteiger partial charge in [0.1, 0.15) is 5.82 Å². The first-order valence-corrected chi connectivity index (χ1v) is 5.12. The van der Waals surface area contributed by atoms with Gasteiger partial charge in [-0.1, -0.05) is 13.8 Å². The van der Waals surface area contributed by atoms with Crippen molar-refractivity contribution in [2.45, 2.75) is 39.0 Å². The fraction of sp³-hybridized carbons (Fsp3) is 0.500. The van der Waals surface area contributed by atoms with Crippen molar-refractivity contribution in [3.8, 4) is 0 Å². The third-order valence-electron chi connectivity index (χ3n) is 3.31. The minimum absolute atomic E-state index is 0.0243. The first-order chi connectivity index (χ1) is 6.95. The average Bonchev–Trinajstić information content (AvgIpc) is 2.47. The van der Waals surface area contributed by atoms with Crippen LogP contribution in [-0.4, -0.2) is 0 Å². The normalized spacial score (nSPS) is 24.4. The maximum atomic E-state index is 13.8. The first-order valence-electron chi connectivity index (χ1n) is 5.12. The van der Waals surface area contributed by atoms with E-state index in [9.17, 15) is 13.2 Å². The molecule has 0 fully saturated rings. The van der Waals surface area contributed by atoms with Crippen LogP contribution in [0.15, 0.2) is 0 Å². The van der Waals surface area contributed by atoms with E-state index in [0.717, 1.165) is 0 Å². The maximum absolute atomic E-state index is 13.8. The average molecular weight is 214 g/mol. The van der Waals surface area contributed by atoms with Crippen LogP contribution in [0.2, 0.25) is 0 Å². The second kappa shape index (κ2) is 3.26. The molecule has 0 aromatic heterocycles. The minimum atomic E-state index is -1.03. The number of fused-ring (bicyclic) bond motifs is 1. The summed E-state index contributed by atoms with van der Waals surface area (Å²) < 4.78 is 40.7. The third kappa shape index (κ3) is 1.29. The molecule has 0 saturated heterocycles. The lowest BCUT2D eigenvalue weighted by molar-refractivity contribution is 0.472. The summed E-state index contributed by atoms with van der Waals surface area (Å²) in [6.07, 6.45) is 0.687. The van der Waals surface area contributed by atoms with Crippen LogP contribution in [0, 0.1) is 24.4 Å². The van der Waals surface area contributed by atoms with Crippen LogP contribution in [0.3, 0.4) is 0 Å². The molecule has 2 rings (SSSR count). The summed E-state index contributed by atoms with van der Waals surface area (Å²) in [7, 11) is 0. The summed E-state index contributed by atoms with van der Waals surface area (Å²) >= 11 is 0. The monoisotopic (exact) mass is 214 g/mol. The van der Waals surface area contributed by atoms with E-state index in [2.05, 4.69) is 0 Å². The van der Waals surface area contributed by atoms with E-state index in [1.54, 1.807) is 6.92 Å². The Labute approximate surface area is 87.1 Å². The Balaban J connectivity index is 2.80. The summed E-state index contributed by atoms with van der Waals surface area (Å²) in [4.78, 5) is 0. The second-order valence-electron chi connectivity index (χ2n) is 4.43. The lowest BCUT2D eigenvalue weighted by Crippen LogP contribution is -2.04. The van der Waals surface area contributed by atoms with Gasteiger partial charge >= 0.3 is 0 Å². The summed E-state index contributed by atoms with van der Waals surface area (Å²) in [6.45, 7) is 4.94. The molecule has 3 heteroatoms. The van der Waals surface area contributed by atoms with E-state index in [0.29, 0.717) is 12.0 Å². The minimum Gasteiger partial charge on any atom is -0.206 e. The molecule has 0 aliphatic heterocycles. The van der Waals surface area contributed by atoms with Gasteiger partial charge in [-0.3, -0.25) is 0 Å². The highest BCUT2D eigenvalue weighted by atomic mass is 19.2. The van der Waals surface area contributed by atoms with E-state index in [1.165, 1.54) is 6.92 Å². The van der Waals surface area contributed by atoms with Crippen molar-refractivity contribution in [1.29, 1.82) is 0 Å². The van der Waals surface area contributed by atoms with Crippen LogP contribution >= 0.6 is 0 Å². The van der Waals surface area contributed by atoms with Crippen LogP contribution in [-0.2, 0) is 0 Å². The summed E-state index contributed by atoms with van der Waals surface area (Å²) in [5.74, 6) is -2.59. The first kappa shape index (κ1) is 10.5. The third-order valence-corrected chi connectivity index (χ3v) is 3.31. The van der Waals surface area contributed by atoms with Crippen LogP contribution < -0.4 is 0 Å². The molecule has 0 amide bonds. The van der Waals surface area contributed by atoms with Gasteiger partial charge in [-0.15, -0.1) is 0 Å². The lowest BCUT2D eigenvalue weighted by atomic mass is 9.98. The molecule has 1 aromatic carbocycles. The predicted octanol–water partition coefficient (Wildman–Crippen LogP) is 4.02. The van der Waals surface area contributed by atoms with Gasteiger partial charge in [-0.05, 0) is 30.7 Å². The highest BCUT2D eigenvalue weighted by Crippen LogP contribution is 2.45. The zero-order chi connectivity index (χ0) is 11.3. The molecule has 15 heavy (non-hydrogen) atoms. The van der Waals surface area contributed by atoms with E-state index in [4.69, 9.17) is 0 Å². The van der Waals surface area contributed by atoms with Gasteiger partial charge in [0, 0.05) is 11.1 Å². The molecule has 0 heterocycles. The molecule has 1 aliphatic carbocycles. The Morgan fingerprint density at radius 3 is 1.87 bits per heavy atom. The number of benzene rings is 1.